The van der Waals surface area contributed by atoms with E-state index >= 15 is 0 Å². The molecule has 0 heterocycles. The van der Waals surface area contributed by atoms with Crippen LogP contribution in [0.15, 0.2) is 0 Å². The molecule has 1 aliphatic rings. The smallest absolute Gasteiger partial charge is 0.146 e. The molecule has 0 amide bonds. The Bertz CT molecular complexity index is 143. The number of ether oxygens (including phenoxy) is 2. The second kappa shape index (κ2) is 4.23. The van der Waals surface area contributed by atoms with Crippen LogP contribution in [0.25, 0.3) is 0 Å². The molecule has 2 N–H and O–H groups in total. The average Bonchev–Trinajstić information content (AvgIpc) is 2.30. The Morgan fingerprint density at radius 3 is 2.50 bits per heavy atom. The third-order valence-electron chi connectivity index (χ3n) is 2.32. The van der Waals surface area contributed by atoms with Gasteiger partial charge in [0, 0.05) is 7.11 Å². The fourth-order valence-electron chi connectivity index (χ4n) is 1.52. The molecule has 0 aliphatic heterocycles. The zero-order valence-corrected chi connectivity index (χ0v) is 7.43. The minimum atomic E-state index is -0.768. The lowest BCUT2D eigenvalue weighted by atomic mass is 9.84. The molecule has 4 atom stereocenters. The highest BCUT2D eigenvalue weighted by atomic mass is 16.7. The zero-order valence-electron chi connectivity index (χ0n) is 7.43. The van der Waals surface area contributed by atoms with E-state index in [-0.39, 0.29) is 18.7 Å². The van der Waals surface area contributed by atoms with E-state index in [0.717, 1.165) is 0 Å². The van der Waals surface area contributed by atoms with Crippen LogP contribution in [0.2, 0.25) is 5.82 Å². The molecule has 70 valence electrons. The van der Waals surface area contributed by atoms with E-state index in [9.17, 15) is 10.2 Å². The van der Waals surface area contributed by atoms with E-state index < -0.39 is 12.2 Å². The van der Waals surface area contributed by atoms with Crippen molar-refractivity contribution in [2.75, 3.05) is 13.9 Å². The van der Waals surface area contributed by atoms with Gasteiger partial charge in [-0.1, -0.05) is 0 Å². The van der Waals surface area contributed by atoms with E-state index in [0.29, 0.717) is 6.42 Å². The van der Waals surface area contributed by atoms with Crippen molar-refractivity contribution < 1.29 is 19.7 Å². The zero-order chi connectivity index (χ0) is 9.14. The molecule has 0 aromatic rings. The van der Waals surface area contributed by atoms with Crippen LogP contribution in [0.5, 0.6) is 0 Å². The number of aliphatic hydroxyl groups is 2. The van der Waals surface area contributed by atoms with Crippen LogP contribution in [0, 0.1) is 0 Å². The maximum atomic E-state index is 9.42. The molecule has 1 aliphatic carbocycles. The Morgan fingerprint density at radius 2 is 2.08 bits per heavy atom. The third kappa shape index (κ3) is 1.98. The SMILES string of the molecule is BC1CC(OCOC)C(O)C1O. The van der Waals surface area contributed by atoms with E-state index in [2.05, 4.69) is 0 Å². The predicted molar refractivity (Wildman–Crippen MR) is 45.7 cm³/mol. The number of aliphatic hydroxyl groups excluding tert-OH is 2. The summed E-state index contributed by atoms with van der Waals surface area (Å²) in [5, 5.41) is 18.8. The van der Waals surface area contributed by atoms with Gasteiger partial charge in [0.05, 0.1) is 12.2 Å². The molecule has 0 radical (unpaired) electrons. The first-order valence-electron chi connectivity index (χ1n) is 4.13. The van der Waals surface area contributed by atoms with Gasteiger partial charge < -0.3 is 19.7 Å². The van der Waals surface area contributed by atoms with Crippen molar-refractivity contribution in [1.29, 1.82) is 0 Å². The summed E-state index contributed by atoms with van der Waals surface area (Å²) in [6, 6.07) is 0. The molecule has 1 saturated carbocycles. The second-order valence-corrected chi connectivity index (χ2v) is 3.31. The highest BCUT2D eigenvalue weighted by Gasteiger charge is 2.39. The molecule has 0 bridgehead atoms. The third-order valence-corrected chi connectivity index (χ3v) is 2.32. The van der Waals surface area contributed by atoms with Gasteiger partial charge in [-0.25, -0.2) is 0 Å². The molecule has 0 aromatic heterocycles. The monoisotopic (exact) mass is 174 g/mol. The largest absolute Gasteiger partial charge is 0.391 e. The fraction of sp³-hybridized carbons (Fsp3) is 1.00. The summed E-state index contributed by atoms with van der Waals surface area (Å²) in [4.78, 5) is 0. The van der Waals surface area contributed by atoms with Gasteiger partial charge in [-0.2, -0.15) is 0 Å². The topological polar surface area (TPSA) is 58.9 Å². The average molecular weight is 174 g/mol. The van der Waals surface area contributed by atoms with E-state index in [1.165, 1.54) is 7.11 Å². The minimum absolute atomic E-state index is 0.0989. The Labute approximate surface area is 72.9 Å². The quantitative estimate of drug-likeness (QED) is 0.404. The lowest BCUT2D eigenvalue weighted by Crippen LogP contribution is -2.31. The van der Waals surface area contributed by atoms with Crippen LogP contribution >= 0.6 is 0 Å². The van der Waals surface area contributed by atoms with Crippen molar-refractivity contribution in [3.8, 4) is 0 Å². The normalized spacial score (nSPS) is 41.9. The van der Waals surface area contributed by atoms with Crippen LogP contribution in [0.1, 0.15) is 6.42 Å². The Hall–Kier alpha value is -0.0951. The van der Waals surface area contributed by atoms with Gasteiger partial charge in [0.2, 0.25) is 0 Å². The van der Waals surface area contributed by atoms with E-state index in [1.807, 2.05) is 7.85 Å². The van der Waals surface area contributed by atoms with Gasteiger partial charge in [0.25, 0.3) is 0 Å². The van der Waals surface area contributed by atoms with Gasteiger partial charge in [-0.3, -0.25) is 0 Å². The van der Waals surface area contributed by atoms with Crippen LogP contribution in [-0.2, 0) is 9.47 Å². The molecule has 1 fully saturated rings. The van der Waals surface area contributed by atoms with Crippen molar-refractivity contribution >= 4 is 7.85 Å². The van der Waals surface area contributed by atoms with Gasteiger partial charge >= 0.3 is 0 Å². The predicted octanol–water partition coefficient (Wildman–Crippen LogP) is -1.48. The van der Waals surface area contributed by atoms with Crippen LogP contribution in [0.4, 0.5) is 0 Å². The maximum Gasteiger partial charge on any atom is 0.146 e. The Balaban J connectivity index is 2.36. The molecule has 5 heteroatoms. The van der Waals surface area contributed by atoms with Crippen molar-refractivity contribution in [3.63, 3.8) is 0 Å². The van der Waals surface area contributed by atoms with Gasteiger partial charge in [-0.05, 0) is 12.2 Å². The first-order valence-corrected chi connectivity index (χ1v) is 4.13. The van der Waals surface area contributed by atoms with Crippen LogP contribution < -0.4 is 0 Å². The fourth-order valence-corrected chi connectivity index (χ4v) is 1.52. The number of methoxy groups -OCH3 is 1. The van der Waals surface area contributed by atoms with Crippen molar-refractivity contribution in [2.24, 2.45) is 0 Å². The van der Waals surface area contributed by atoms with Crippen molar-refractivity contribution in [3.05, 3.63) is 0 Å². The van der Waals surface area contributed by atoms with E-state index in [1.54, 1.807) is 0 Å². The molecule has 0 spiro atoms. The molecule has 12 heavy (non-hydrogen) atoms. The first kappa shape index (κ1) is 9.99. The molecule has 4 unspecified atom stereocenters. The highest BCUT2D eigenvalue weighted by molar-refractivity contribution is 6.12. The molecule has 0 aromatic carbocycles. The Kier molecular flexibility index (Phi) is 3.52. The Morgan fingerprint density at radius 1 is 1.42 bits per heavy atom. The summed E-state index contributed by atoms with van der Waals surface area (Å²) in [7, 11) is 3.42. The molecule has 4 nitrogen and oxygen atoms in total. The summed E-state index contributed by atoms with van der Waals surface area (Å²) in [5.74, 6) is 0.0989. The summed E-state index contributed by atoms with van der Waals surface area (Å²) < 4.78 is 9.88. The summed E-state index contributed by atoms with van der Waals surface area (Å²) >= 11 is 0. The molecule has 1 rings (SSSR count). The van der Waals surface area contributed by atoms with Crippen LogP contribution in [0.3, 0.4) is 0 Å². The van der Waals surface area contributed by atoms with Gasteiger partial charge in [0.15, 0.2) is 0 Å². The van der Waals surface area contributed by atoms with Crippen molar-refractivity contribution in [1.82, 2.24) is 0 Å². The molecule has 0 saturated heterocycles. The van der Waals surface area contributed by atoms with E-state index in [4.69, 9.17) is 9.47 Å². The number of rotatable bonds is 3. The lowest BCUT2D eigenvalue weighted by molar-refractivity contribution is -0.114. The standard InChI is InChI=1S/C7H15BO4/c1-11-3-12-5-2-4(8)6(9)7(5)10/h4-7,9-10H,2-3,8H2,1H3. The summed E-state index contributed by atoms with van der Waals surface area (Å²) in [6.07, 6.45) is -1.02. The number of hydrogen-bond acceptors (Lipinski definition) is 4. The number of hydrogen-bond donors (Lipinski definition) is 2. The van der Waals surface area contributed by atoms with Gasteiger partial charge in [-0.15, -0.1) is 0 Å². The van der Waals surface area contributed by atoms with Gasteiger partial charge in [0.1, 0.15) is 20.7 Å². The minimum Gasteiger partial charge on any atom is -0.391 e. The molecular weight excluding hydrogens is 159 g/mol. The van der Waals surface area contributed by atoms with Crippen molar-refractivity contribution in [2.45, 2.75) is 30.5 Å². The summed E-state index contributed by atoms with van der Waals surface area (Å²) in [6.45, 7) is 0.168. The second-order valence-electron chi connectivity index (χ2n) is 3.31. The highest BCUT2D eigenvalue weighted by Crippen LogP contribution is 2.30. The first-order chi connectivity index (χ1) is 5.66. The summed E-state index contributed by atoms with van der Waals surface area (Å²) in [5.41, 5.74) is 0. The lowest BCUT2D eigenvalue weighted by Gasteiger charge is -2.16. The molecular formula is C7H15BO4. The maximum absolute atomic E-state index is 9.42. The van der Waals surface area contributed by atoms with Crippen LogP contribution in [-0.4, -0.2) is 50.3 Å².